The molecule has 0 radical (unpaired) electrons. The van der Waals surface area contributed by atoms with Crippen LogP contribution in [0.3, 0.4) is 0 Å². The molecule has 172 valence electrons. The number of nitrogens with zero attached hydrogens (tertiary/aromatic N) is 1. The molecule has 0 atom stereocenters. The van der Waals surface area contributed by atoms with Crippen LogP contribution < -0.4 is 10.6 Å². The average molecular weight is 482 g/mol. The van der Waals surface area contributed by atoms with E-state index in [2.05, 4.69) is 15.6 Å². The molecule has 2 N–H and O–H groups in total. The van der Waals surface area contributed by atoms with Crippen molar-refractivity contribution >= 4 is 40.4 Å². The smallest absolute Gasteiger partial charge is 0.253 e. The molecule has 1 fully saturated rings. The second kappa shape index (κ2) is 10.5. The number of halogens is 1. The third-order valence-electron chi connectivity index (χ3n) is 5.89. The molecule has 0 spiro atoms. The number of hydrogen-bond acceptors (Lipinski definition) is 4. The van der Waals surface area contributed by atoms with E-state index in [4.69, 9.17) is 11.6 Å². The number of carbonyl (C=O) groups excluding carboxylic acids is 2. The molecule has 2 amide bonds. The van der Waals surface area contributed by atoms with Crippen LogP contribution >= 0.6 is 22.9 Å². The lowest BCUT2D eigenvalue weighted by atomic mass is 9.95. The van der Waals surface area contributed by atoms with Gasteiger partial charge in [-0.25, -0.2) is 4.98 Å². The van der Waals surface area contributed by atoms with Crippen molar-refractivity contribution in [3.05, 3.63) is 68.5 Å². The number of aryl methyl sites for hydroxylation is 2. The first-order valence-electron chi connectivity index (χ1n) is 11.3. The maximum Gasteiger partial charge on any atom is 0.253 e. The highest BCUT2D eigenvalue weighted by molar-refractivity contribution is 7.12. The summed E-state index contributed by atoms with van der Waals surface area (Å²) in [4.78, 5) is 31.2. The first-order chi connectivity index (χ1) is 15.9. The van der Waals surface area contributed by atoms with Crippen LogP contribution in [0, 0.1) is 13.8 Å². The van der Waals surface area contributed by atoms with Gasteiger partial charge >= 0.3 is 0 Å². The fraction of sp³-hybridized carbons (Fsp3) is 0.346. The zero-order valence-electron chi connectivity index (χ0n) is 18.9. The van der Waals surface area contributed by atoms with E-state index in [-0.39, 0.29) is 24.3 Å². The Kier molecular flexibility index (Phi) is 7.46. The van der Waals surface area contributed by atoms with E-state index in [1.807, 2.05) is 38.1 Å². The number of anilines is 1. The van der Waals surface area contributed by atoms with Crippen molar-refractivity contribution in [3.63, 3.8) is 0 Å². The van der Waals surface area contributed by atoms with Crippen LogP contribution in [0.5, 0.6) is 0 Å². The Morgan fingerprint density at radius 1 is 1.06 bits per heavy atom. The van der Waals surface area contributed by atoms with E-state index >= 15 is 0 Å². The standard InChI is InChI=1S/C26H28ClN3O2S/c1-16-8-10-18(11-9-16)25-23(33-17(2)28-25)15-24(31)29-20-12-13-22(27)21(14-20)26(32)30-19-6-4-3-5-7-19/h8-14,19H,3-7,15H2,1-2H3,(H,29,31)(H,30,32). The van der Waals surface area contributed by atoms with Crippen molar-refractivity contribution in [1.29, 1.82) is 0 Å². The van der Waals surface area contributed by atoms with Gasteiger partial charge in [0.1, 0.15) is 0 Å². The molecule has 0 aliphatic heterocycles. The second-order valence-corrected chi connectivity index (χ2v) is 10.3. The molecule has 7 heteroatoms. The van der Waals surface area contributed by atoms with Crippen LogP contribution in [0.15, 0.2) is 42.5 Å². The van der Waals surface area contributed by atoms with Crippen LogP contribution in [-0.2, 0) is 11.2 Å². The van der Waals surface area contributed by atoms with E-state index in [1.165, 1.54) is 23.3 Å². The summed E-state index contributed by atoms with van der Waals surface area (Å²) in [6.45, 7) is 3.99. The van der Waals surface area contributed by atoms with Crippen molar-refractivity contribution in [1.82, 2.24) is 10.3 Å². The summed E-state index contributed by atoms with van der Waals surface area (Å²) >= 11 is 7.82. The lowest BCUT2D eigenvalue weighted by molar-refractivity contribution is -0.115. The second-order valence-electron chi connectivity index (χ2n) is 8.60. The molecular formula is C26H28ClN3O2S. The van der Waals surface area contributed by atoms with E-state index < -0.39 is 0 Å². The Morgan fingerprint density at radius 3 is 2.52 bits per heavy atom. The van der Waals surface area contributed by atoms with Gasteiger partial charge in [0.15, 0.2) is 0 Å². The van der Waals surface area contributed by atoms with Gasteiger partial charge in [0.05, 0.1) is 27.7 Å². The van der Waals surface area contributed by atoms with Crippen molar-refractivity contribution in [2.45, 2.75) is 58.4 Å². The number of carbonyl (C=O) groups is 2. The monoisotopic (exact) mass is 481 g/mol. The third kappa shape index (κ3) is 6.01. The van der Waals surface area contributed by atoms with Crippen molar-refractivity contribution in [2.75, 3.05) is 5.32 Å². The quantitative estimate of drug-likeness (QED) is 0.432. The highest BCUT2D eigenvalue weighted by Crippen LogP contribution is 2.29. The van der Waals surface area contributed by atoms with E-state index in [0.717, 1.165) is 46.8 Å². The summed E-state index contributed by atoms with van der Waals surface area (Å²) in [7, 11) is 0. The Balaban J connectivity index is 1.45. The first-order valence-corrected chi connectivity index (χ1v) is 12.5. The van der Waals surface area contributed by atoms with Crippen LogP contribution in [-0.4, -0.2) is 22.8 Å². The van der Waals surface area contributed by atoms with Crippen LogP contribution in [0.1, 0.15) is 57.9 Å². The Bertz CT molecular complexity index is 1150. The van der Waals surface area contributed by atoms with Gasteiger partial charge in [-0.1, -0.05) is 60.7 Å². The maximum absolute atomic E-state index is 12.8. The molecule has 2 aromatic carbocycles. The summed E-state index contributed by atoms with van der Waals surface area (Å²) in [5, 5.41) is 7.29. The number of thiazole rings is 1. The molecular weight excluding hydrogens is 454 g/mol. The first kappa shape index (κ1) is 23.5. The molecule has 1 saturated carbocycles. The van der Waals surface area contributed by atoms with Gasteiger partial charge in [0.25, 0.3) is 5.91 Å². The highest BCUT2D eigenvalue weighted by atomic mass is 35.5. The minimum Gasteiger partial charge on any atom is -0.349 e. The van der Waals surface area contributed by atoms with Crippen molar-refractivity contribution in [3.8, 4) is 11.3 Å². The summed E-state index contributed by atoms with van der Waals surface area (Å²) in [6.07, 6.45) is 5.70. The predicted molar refractivity (Wildman–Crippen MR) is 135 cm³/mol. The largest absolute Gasteiger partial charge is 0.349 e. The van der Waals surface area contributed by atoms with Gasteiger partial charge in [-0.05, 0) is 44.9 Å². The lowest BCUT2D eigenvalue weighted by Gasteiger charge is -2.23. The molecule has 3 aromatic rings. The summed E-state index contributed by atoms with van der Waals surface area (Å²) in [6, 6.07) is 13.4. The third-order valence-corrected chi connectivity index (χ3v) is 7.19. The molecule has 1 aromatic heterocycles. The van der Waals surface area contributed by atoms with Crippen molar-refractivity contribution < 1.29 is 9.59 Å². The number of amides is 2. The minimum atomic E-state index is -0.192. The van der Waals surface area contributed by atoms with Crippen LogP contribution in [0.2, 0.25) is 5.02 Å². The topological polar surface area (TPSA) is 71.1 Å². The fourth-order valence-corrected chi connectivity index (χ4v) is 5.32. The summed E-state index contributed by atoms with van der Waals surface area (Å²) in [5.74, 6) is -0.351. The molecule has 1 aliphatic carbocycles. The van der Waals surface area contributed by atoms with E-state index in [9.17, 15) is 9.59 Å². The highest BCUT2D eigenvalue weighted by Gasteiger charge is 2.20. The molecule has 33 heavy (non-hydrogen) atoms. The fourth-order valence-electron chi connectivity index (χ4n) is 4.16. The molecule has 4 rings (SSSR count). The van der Waals surface area contributed by atoms with Gasteiger partial charge in [-0.15, -0.1) is 11.3 Å². The number of benzene rings is 2. The molecule has 0 bridgehead atoms. The van der Waals surface area contributed by atoms with Crippen molar-refractivity contribution in [2.24, 2.45) is 0 Å². The normalized spacial score (nSPS) is 14.2. The summed E-state index contributed by atoms with van der Waals surface area (Å²) < 4.78 is 0. The SMILES string of the molecule is Cc1ccc(-c2nc(C)sc2CC(=O)Nc2ccc(Cl)c(C(=O)NC3CCCCC3)c2)cc1. The van der Waals surface area contributed by atoms with E-state index in [1.54, 1.807) is 18.2 Å². The van der Waals surface area contributed by atoms with Gasteiger partial charge in [0.2, 0.25) is 5.91 Å². The molecule has 0 unspecified atom stereocenters. The zero-order valence-corrected chi connectivity index (χ0v) is 20.5. The minimum absolute atomic E-state index is 0.159. The number of aromatic nitrogens is 1. The predicted octanol–water partition coefficient (Wildman–Crippen LogP) is 6.32. The van der Waals surface area contributed by atoms with Gasteiger partial charge < -0.3 is 10.6 Å². The van der Waals surface area contributed by atoms with Gasteiger partial charge in [0, 0.05) is 22.2 Å². The van der Waals surface area contributed by atoms with Crippen LogP contribution in [0.25, 0.3) is 11.3 Å². The van der Waals surface area contributed by atoms with Crippen LogP contribution in [0.4, 0.5) is 5.69 Å². The Labute approximate surface area is 203 Å². The van der Waals surface area contributed by atoms with Gasteiger partial charge in [-0.3, -0.25) is 9.59 Å². The molecule has 0 saturated heterocycles. The van der Waals surface area contributed by atoms with Gasteiger partial charge in [-0.2, -0.15) is 0 Å². The molecule has 1 aliphatic rings. The van der Waals surface area contributed by atoms with E-state index in [0.29, 0.717) is 16.3 Å². The molecule has 1 heterocycles. The number of rotatable bonds is 6. The summed E-state index contributed by atoms with van der Waals surface area (Å²) in [5.41, 5.74) is 3.96. The molecule has 5 nitrogen and oxygen atoms in total. The average Bonchev–Trinajstić information content (AvgIpc) is 3.16. The number of hydrogen-bond donors (Lipinski definition) is 2. The lowest BCUT2D eigenvalue weighted by Crippen LogP contribution is -2.36. The number of nitrogens with one attached hydrogen (secondary N) is 2. The Hall–Kier alpha value is -2.70. The maximum atomic E-state index is 12.8. The Morgan fingerprint density at radius 2 is 1.79 bits per heavy atom. The zero-order chi connectivity index (χ0) is 23.4.